The monoisotopic (exact) mass is 459 g/mol. The van der Waals surface area contributed by atoms with Gasteiger partial charge in [0.05, 0.1) is 27.4 Å². The van der Waals surface area contributed by atoms with E-state index in [0.717, 1.165) is 60.5 Å². The number of nitrogens with zero attached hydrogens (tertiary/aromatic N) is 1. The molecule has 0 spiro atoms. The number of hydrogen-bond donors (Lipinski definition) is 1. The molecule has 5 nitrogen and oxygen atoms in total. The first-order chi connectivity index (χ1) is 15.8. The van der Waals surface area contributed by atoms with E-state index >= 15 is 0 Å². The van der Waals surface area contributed by atoms with Crippen molar-refractivity contribution in [1.29, 1.82) is 0 Å². The molecule has 33 heavy (non-hydrogen) atoms. The molecule has 0 bridgehead atoms. The van der Waals surface area contributed by atoms with Crippen LogP contribution in [0.2, 0.25) is 0 Å². The third-order valence-corrected chi connectivity index (χ3v) is 7.10. The number of aliphatic hydroxyl groups excluding tert-OH is 1. The molecule has 1 N–H and O–H groups in total. The van der Waals surface area contributed by atoms with Crippen molar-refractivity contribution in [2.75, 3.05) is 41.5 Å². The summed E-state index contributed by atoms with van der Waals surface area (Å²) >= 11 is 0. The molecule has 3 rings (SSSR count). The Bertz CT molecular complexity index is 907. The van der Waals surface area contributed by atoms with E-state index in [4.69, 9.17) is 14.2 Å². The second-order valence-corrected chi connectivity index (χ2v) is 9.42. The highest BCUT2D eigenvalue weighted by molar-refractivity contribution is 5.50. The van der Waals surface area contributed by atoms with Crippen LogP contribution in [0.1, 0.15) is 43.1 Å². The largest absolute Gasteiger partial charge is 0.496 e. The smallest absolute Gasteiger partial charge is 0.129 e. The Hall–Kier alpha value is -2.31. The Balaban J connectivity index is 1.67. The Labute approximate surface area is 197 Å². The van der Waals surface area contributed by atoms with Gasteiger partial charge in [0.2, 0.25) is 0 Å². The highest BCUT2D eigenvalue weighted by Gasteiger charge is 2.37. The molecule has 2 aromatic rings. The van der Waals surface area contributed by atoms with Crippen molar-refractivity contribution in [2.24, 2.45) is 17.8 Å². The molecule has 0 fully saturated rings. The minimum absolute atomic E-state index is 0.149. The van der Waals surface area contributed by atoms with Crippen LogP contribution < -0.4 is 14.2 Å². The molecule has 1 unspecified atom stereocenters. The molecule has 0 amide bonds. The van der Waals surface area contributed by atoms with Crippen molar-refractivity contribution in [3.05, 3.63) is 52.8 Å². The van der Waals surface area contributed by atoms with E-state index in [0.29, 0.717) is 17.6 Å². The Kier molecular flexibility index (Phi) is 8.60. The van der Waals surface area contributed by atoms with Crippen molar-refractivity contribution >= 4 is 0 Å². The van der Waals surface area contributed by atoms with Gasteiger partial charge in [-0.05, 0) is 73.9 Å². The number of aliphatic hydroxyl groups is 1. The average molecular weight is 460 g/mol. The van der Waals surface area contributed by atoms with E-state index in [1.54, 1.807) is 33.5 Å². The quantitative estimate of drug-likeness (QED) is 0.548. The predicted octanol–water partition coefficient (Wildman–Crippen LogP) is 4.89. The number of methoxy groups -OCH3 is 3. The first kappa shape index (κ1) is 25.3. The Morgan fingerprint density at radius 3 is 2.27 bits per heavy atom. The summed E-state index contributed by atoms with van der Waals surface area (Å²) in [6.45, 7) is 6.08. The molecule has 0 aliphatic heterocycles. The lowest BCUT2D eigenvalue weighted by atomic mass is 9.68. The van der Waals surface area contributed by atoms with Gasteiger partial charge < -0.3 is 24.2 Å². The molecule has 0 heterocycles. The fourth-order valence-corrected chi connectivity index (χ4v) is 5.12. The minimum atomic E-state index is -0.558. The van der Waals surface area contributed by atoms with Crippen LogP contribution in [-0.2, 0) is 12.8 Å². The van der Waals surface area contributed by atoms with Gasteiger partial charge in [-0.25, -0.2) is 4.39 Å². The van der Waals surface area contributed by atoms with Crippen LogP contribution in [0.15, 0.2) is 30.3 Å². The molecule has 0 aromatic heterocycles. The molecule has 182 valence electrons. The van der Waals surface area contributed by atoms with Crippen molar-refractivity contribution in [2.45, 2.75) is 39.2 Å². The summed E-state index contributed by atoms with van der Waals surface area (Å²) in [4.78, 5) is 2.29. The molecule has 3 atom stereocenters. The minimum Gasteiger partial charge on any atom is -0.496 e. The van der Waals surface area contributed by atoms with Gasteiger partial charge in [-0.2, -0.15) is 0 Å². The van der Waals surface area contributed by atoms with E-state index < -0.39 is 6.10 Å². The summed E-state index contributed by atoms with van der Waals surface area (Å²) in [6.07, 6.45) is 1.91. The van der Waals surface area contributed by atoms with Crippen LogP contribution in [0, 0.1) is 23.6 Å². The molecular weight excluding hydrogens is 421 g/mol. The van der Waals surface area contributed by atoms with Gasteiger partial charge in [0.25, 0.3) is 0 Å². The summed E-state index contributed by atoms with van der Waals surface area (Å²) in [6, 6.07) is 8.56. The number of benzene rings is 2. The summed E-state index contributed by atoms with van der Waals surface area (Å²) in [5.74, 6) is 2.87. The molecule has 0 saturated carbocycles. The van der Waals surface area contributed by atoms with E-state index in [9.17, 15) is 9.50 Å². The first-order valence-corrected chi connectivity index (χ1v) is 11.7. The standard InChI is InChI=1S/C27H38FNO4/c1-17(2)24-14-18-13-19(28)7-8-21(18)27(30)22(24)9-11-29(3)12-10-23-25(32-5)15-20(31-4)16-26(23)33-6/h7-8,13,15-17,22,24,27,30H,9-12,14H2,1-6H3/t22-,24?,27+/m1/s1. The van der Waals surface area contributed by atoms with Gasteiger partial charge in [-0.1, -0.05) is 19.9 Å². The van der Waals surface area contributed by atoms with Gasteiger partial charge in [0, 0.05) is 24.2 Å². The maximum atomic E-state index is 13.8. The number of likely N-dealkylation sites (N-methyl/N-ethyl adjacent to an activating group) is 1. The van der Waals surface area contributed by atoms with E-state index in [2.05, 4.69) is 25.8 Å². The Morgan fingerprint density at radius 2 is 1.70 bits per heavy atom. The second-order valence-electron chi connectivity index (χ2n) is 9.42. The summed E-state index contributed by atoms with van der Waals surface area (Å²) in [5.41, 5.74) is 2.85. The lowest BCUT2D eigenvalue weighted by Gasteiger charge is -2.40. The number of hydrogen-bond acceptors (Lipinski definition) is 5. The van der Waals surface area contributed by atoms with E-state index in [-0.39, 0.29) is 11.7 Å². The zero-order chi connectivity index (χ0) is 24.1. The molecule has 0 radical (unpaired) electrons. The van der Waals surface area contributed by atoms with Crippen LogP contribution >= 0.6 is 0 Å². The van der Waals surface area contributed by atoms with Crippen LogP contribution in [0.4, 0.5) is 4.39 Å². The lowest BCUT2D eigenvalue weighted by molar-refractivity contribution is 0.0320. The normalized spacial score (nSPS) is 20.1. The molecular formula is C27H38FNO4. The van der Waals surface area contributed by atoms with Gasteiger partial charge in [0.15, 0.2) is 0 Å². The third kappa shape index (κ3) is 5.79. The second kappa shape index (κ2) is 11.2. The van der Waals surface area contributed by atoms with Crippen LogP contribution in [0.5, 0.6) is 17.2 Å². The van der Waals surface area contributed by atoms with Crippen LogP contribution in [-0.4, -0.2) is 51.5 Å². The predicted molar refractivity (Wildman–Crippen MR) is 129 cm³/mol. The maximum Gasteiger partial charge on any atom is 0.129 e. The van der Waals surface area contributed by atoms with Crippen molar-refractivity contribution < 1.29 is 23.7 Å². The number of fused-ring (bicyclic) bond motifs is 1. The van der Waals surface area contributed by atoms with E-state index in [1.807, 2.05) is 12.1 Å². The molecule has 2 aromatic carbocycles. The average Bonchev–Trinajstić information content (AvgIpc) is 2.80. The highest BCUT2D eigenvalue weighted by atomic mass is 19.1. The summed E-state index contributed by atoms with van der Waals surface area (Å²) in [7, 11) is 7.04. The zero-order valence-electron chi connectivity index (χ0n) is 20.7. The van der Waals surface area contributed by atoms with E-state index in [1.165, 1.54) is 6.07 Å². The van der Waals surface area contributed by atoms with Gasteiger partial charge in [-0.3, -0.25) is 0 Å². The maximum absolute atomic E-state index is 13.8. The number of rotatable bonds is 10. The van der Waals surface area contributed by atoms with Gasteiger partial charge in [0.1, 0.15) is 23.1 Å². The van der Waals surface area contributed by atoms with Crippen LogP contribution in [0.3, 0.4) is 0 Å². The van der Waals surface area contributed by atoms with Crippen molar-refractivity contribution in [1.82, 2.24) is 4.90 Å². The fourth-order valence-electron chi connectivity index (χ4n) is 5.12. The SMILES string of the molecule is COc1cc(OC)c(CCN(C)CC[C@@H]2C(C(C)C)Cc3cc(F)ccc3[C@@H]2O)c(OC)c1. The highest BCUT2D eigenvalue weighted by Crippen LogP contribution is 2.43. The van der Waals surface area contributed by atoms with Crippen molar-refractivity contribution in [3.8, 4) is 17.2 Å². The van der Waals surface area contributed by atoms with Crippen molar-refractivity contribution in [3.63, 3.8) is 0 Å². The lowest BCUT2D eigenvalue weighted by Crippen LogP contribution is -2.35. The first-order valence-electron chi connectivity index (χ1n) is 11.7. The zero-order valence-corrected chi connectivity index (χ0v) is 20.7. The molecule has 1 aliphatic rings. The Morgan fingerprint density at radius 1 is 1.03 bits per heavy atom. The topological polar surface area (TPSA) is 51.2 Å². The molecule has 0 saturated heterocycles. The summed E-state index contributed by atoms with van der Waals surface area (Å²) in [5, 5.41) is 11.2. The van der Waals surface area contributed by atoms with Gasteiger partial charge in [-0.15, -0.1) is 0 Å². The fraction of sp³-hybridized carbons (Fsp3) is 0.556. The number of halogens is 1. The van der Waals surface area contributed by atoms with Crippen LogP contribution in [0.25, 0.3) is 0 Å². The summed E-state index contributed by atoms with van der Waals surface area (Å²) < 4.78 is 30.3. The molecule has 1 aliphatic carbocycles. The third-order valence-electron chi connectivity index (χ3n) is 7.10. The van der Waals surface area contributed by atoms with Gasteiger partial charge >= 0.3 is 0 Å². The number of ether oxygens (including phenoxy) is 3. The molecule has 6 heteroatoms.